The Morgan fingerprint density at radius 1 is 1.16 bits per heavy atom. The molecule has 0 aliphatic heterocycles. The van der Waals surface area contributed by atoms with Crippen LogP contribution >= 0.6 is 11.3 Å². The lowest BCUT2D eigenvalue weighted by atomic mass is 9.95. The first kappa shape index (κ1) is 22.1. The summed E-state index contributed by atoms with van der Waals surface area (Å²) >= 11 is 1.31. The molecule has 3 heterocycles. The Labute approximate surface area is 191 Å². The lowest BCUT2D eigenvalue weighted by molar-refractivity contribution is 0.0950. The molecule has 0 fully saturated rings. The molecule has 0 aliphatic rings. The van der Waals surface area contributed by atoms with Gasteiger partial charge in [0.2, 0.25) is 5.01 Å². The highest BCUT2D eigenvalue weighted by Gasteiger charge is 2.19. The zero-order chi connectivity index (χ0) is 22.8. The fraction of sp³-hybridized carbons (Fsp3) is 0.333. The molecule has 0 spiro atoms. The van der Waals surface area contributed by atoms with Crippen molar-refractivity contribution in [3.05, 3.63) is 52.8 Å². The van der Waals surface area contributed by atoms with E-state index in [1.54, 1.807) is 0 Å². The number of fused-ring (bicyclic) bond motifs is 1. The van der Waals surface area contributed by atoms with E-state index in [1.165, 1.54) is 16.9 Å². The number of aromatic nitrogens is 4. The minimum atomic E-state index is -0.184. The van der Waals surface area contributed by atoms with Crippen molar-refractivity contribution in [3.8, 4) is 21.8 Å². The number of carbonyl (C=O) groups excluding carboxylic acids is 1. The van der Waals surface area contributed by atoms with Crippen LogP contribution in [0.1, 0.15) is 40.8 Å². The molecule has 4 rings (SSSR count). The van der Waals surface area contributed by atoms with Crippen molar-refractivity contribution in [2.45, 2.75) is 26.7 Å². The van der Waals surface area contributed by atoms with E-state index in [-0.39, 0.29) is 5.91 Å². The van der Waals surface area contributed by atoms with Crippen LogP contribution in [0.3, 0.4) is 0 Å². The van der Waals surface area contributed by atoms with E-state index in [0.717, 1.165) is 45.0 Å². The van der Waals surface area contributed by atoms with Gasteiger partial charge in [0.15, 0.2) is 0 Å². The van der Waals surface area contributed by atoms with Crippen molar-refractivity contribution in [1.29, 1.82) is 0 Å². The van der Waals surface area contributed by atoms with Gasteiger partial charge in [0.05, 0.1) is 5.69 Å². The summed E-state index contributed by atoms with van der Waals surface area (Å²) in [5, 5.41) is 13.6. The van der Waals surface area contributed by atoms with Crippen molar-refractivity contribution in [2.75, 3.05) is 27.2 Å². The van der Waals surface area contributed by atoms with Crippen molar-refractivity contribution >= 4 is 28.1 Å². The van der Waals surface area contributed by atoms with Crippen molar-refractivity contribution in [3.63, 3.8) is 0 Å². The Morgan fingerprint density at radius 3 is 2.69 bits per heavy atom. The number of nitrogens with one attached hydrogen (secondary N) is 2. The highest BCUT2D eigenvalue weighted by atomic mass is 32.1. The second-order valence-electron chi connectivity index (χ2n) is 8.49. The van der Waals surface area contributed by atoms with Crippen LogP contribution < -0.4 is 5.32 Å². The fourth-order valence-electron chi connectivity index (χ4n) is 3.77. The molecule has 1 amide bonds. The van der Waals surface area contributed by atoms with Crippen LogP contribution in [-0.4, -0.2) is 58.2 Å². The standard InChI is InChI=1S/C24H28N6OS/c1-14(2)20-18-13-17(23-28-29-24(32-23)22(31)26-10-11-30(4)5)6-7-19(18)27-21(20)16-8-9-25-15(3)12-16/h6-9,12-14,27H,10-11H2,1-5H3,(H,26,31). The Bertz CT molecular complexity index is 1260. The maximum Gasteiger partial charge on any atom is 0.282 e. The molecule has 7 nitrogen and oxygen atoms in total. The molecule has 3 aromatic heterocycles. The lowest BCUT2D eigenvalue weighted by Crippen LogP contribution is -2.31. The number of rotatable bonds is 7. The third kappa shape index (κ3) is 4.56. The molecule has 166 valence electrons. The van der Waals surface area contributed by atoms with Crippen LogP contribution in [0.15, 0.2) is 36.5 Å². The van der Waals surface area contributed by atoms with Gasteiger partial charge in [-0.1, -0.05) is 25.2 Å². The zero-order valence-electron chi connectivity index (χ0n) is 19.1. The molecule has 8 heteroatoms. The molecule has 0 atom stereocenters. The Morgan fingerprint density at radius 2 is 1.97 bits per heavy atom. The van der Waals surface area contributed by atoms with Gasteiger partial charge < -0.3 is 15.2 Å². The first-order valence-electron chi connectivity index (χ1n) is 10.7. The molecule has 0 bridgehead atoms. The maximum absolute atomic E-state index is 12.4. The summed E-state index contributed by atoms with van der Waals surface area (Å²) < 4.78 is 0. The average Bonchev–Trinajstić information content (AvgIpc) is 3.38. The van der Waals surface area contributed by atoms with Crippen LogP contribution in [0.2, 0.25) is 0 Å². The molecule has 0 saturated heterocycles. The predicted octanol–water partition coefficient (Wildman–Crippen LogP) is 4.47. The van der Waals surface area contributed by atoms with Gasteiger partial charge in [-0.2, -0.15) is 0 Å². The Balaban J connectivity index is 1.68. The minimum Gasteiger partial charge on any atom is -0.354 e. The largest absolute Gasteiger partial charge is 0.354 e. The summed E-state index contributed by atoms with van der Waals surface area (Å²) in [4.78, 5) is 22.3. The second-order valence-corrected chi connectivity index (χ2v) is 9.46. The molecule has 1 aromatic carbocycles. The normalized spacial score (nSPS) is 11.6. The lowest BCUT2D eigenvalue weighted by Gasteiger charge is -2.09. The van der Waals surface area contributed by atoms with Crippen LogP contribution in [0, 0.1) is 6.92 Å². The summed E-state index contributed by atoms with van der Waals surface area (Å²) in [7, 11) is 3.94. The van der Waals surface area contributed by atoms with Gasteiger partial charge in [-0.25, -0.2) is 0 Å². The monoisotopic (exact) mass is 448 g/mol. The Kier molecular flexibility index (Phi) is 6.34. The van der Waals surface area contributed by atoms with Crippen molar-refractivity contribution in [1.82, 2.24) is 30.4 Å². The van der Waals surface area contributed by atoms with E-state index in [4.69, 9.17) is 0 Å². The predicted molar refractivity (Wildman–Crippen MR) is 130 cm³/mol. The molecule has 0 aliphatic carbocycles. The number of aromatic amines is 1. The smallest absolute Gasteiger partial charge is 0.282 e. The molecular weight excluding hydrogens is 420 g/mol. The summed E-state index contributed by atoms with van der Waals surface area (Å²) in [6, 6.07) is 10.4. The summed E-state index contributed by atoms with van der Waals surface area (Å²) in [5.41, 5.74) is 6.54. The summed E-state index contributed by atoms with van der Waals surface area (Å²) in [5.74, 6) is 0.145. The number of benzene rings is 1. The van der Waals surface area contributed by atoms with E-state index in [1.807, 2.05) is 44.2 Å². The molecule has 2 N–H and O–H groups in total. The maximum atomic E-state index is 12.4. The van der Waals surface area contributed by atoms with E-state index >= 15 is 0 Å². The van der Waals surface area contributed by atoms with Gasteiger partial charge in [0, 0.05) is 47.0 Å². The highest BCUT2D eigenvalue weighted by Crippen LogP contribution is 2.37. The highest BCUT2D eigenvalue weighted by molar-refractivity contribution is 7.16. The van der Waals surface area contributed by atoms with Gasteiger partial charge in [0.1, 0.15) is 5.01 Å². The van der Waals surface area contributed by atoms with Crippen molar-refractivity contribution < 1.29 is 4.79 Å². The zero-order valence-corrected chi connectivity index (χ0v) is 19.9. The average molecular weight is 449 g/mol. The molecule has 0 radical (unpaired) electrons. The van der Waals surface area contributed by atoms with Crippen molar-refractivity contribution in [2.24, 2.45) is 0 Å². The van der Waals surface area contributed by atoms with Gasteiger partial charge in [-0.3, -0.25) is 9.78 Å². The Hall–Kier alpha value is -3.10. The van der Waals surface area contributed by atoms with E-state index in [9.17, 15) is 4.79 Å². The number of H-pyrrole nitrogens is 1. The number of hydrogen-bond donors (Lipinski definition) is 2. The number of hydrogen-bond acceptors (Lipinski definition) is 6. The minimum absolute atomic E-state index is 0.184. The first-order chi connectivity index (χ1) is 15.3. The second kappa shape index (κ2) is 9.18. The van der Waals surface area contributed by atoms with Gasteiger partial charge >= 0.3 is 0 Å². The molecule has 32 heavy (non-hydrogen) atoms. The molecule has 0 unspecified atom stereocenters. The van der Waals surface area contributed by atoms with Gasteiger partial charge in [-0.05, 0) is 62.8 Å². The fourth-order valence-corrected chi connectivity index (χ4v) is 4.53. The number of nitrogens with zero attached hydrogens (tertiary/aromatic N) is 4. The van der Waals surface area contributed by atoms with Gasteiger partial charge in [0.25, 0.3) is 5.91 Å². The molecular formula is C24H28N6OS. The topological polar surface area (TPSA) is 86.8 Å². The van der Waals surface area contributed by atoms with Crippen LogP contribution in [0.4, 0.5) is 0 Å². The number of likely N-dealkylation sites (N-methyl/N-ethyl adjacent to an activating group) is 1. The SMILES string of the molecule is Cc1cc(-c2[nH]c3ccc(-c4nnc(C(=O)NCCN(C)C)s4)cc3c2C(C)C)ccn1. The molecule has 0 saturated carbocycles. The first-order valence-corrected chi connectivity index (χ1v) is 11.5. The third-order valence-corrected chi connectivity index (χ3v) is 6.28. The molecule has 4 aromatic rings. The quantitative estimate of drug-likeness (QED) is 0.436. The van der Waals surface area contributed by atoms with E-state index in [0.29, 0.717) is 17.5 Å². The van der Waals surface area contributed by atoms with E-state index < -0.39 is 0 Å². The summed E-state index contributed by atoms with van der Waals surface area (Å²) in [6.07, 6.45) is 1.85. The third-order valence-electron chi connectivity index (χ3n) is 5.31. The van der Waals surface area contributed by atoms with Crippen LogP contribution in [-0.2, 0) is 0 Å². The van der Waals surface area contributed by atoms with Crippen LogP contribution in [0.25, 0.3) is 32.7 Å². The summed E-state index contributed by atoms with van der Waals surface area (Å²) in [6.45, 7) is 7.76. The number of carbonyl (C=O) groups is 1. The number of pyridine rings is 1. The van der Waals surface area contributed by atoms with Gasteiger partial charge in [-0.15, -0.1) is 10.2 Å². The number of amides is 1. The van der Waals surface area contributed by atoms with Crippen LogP contribution in [0.5, 0.6) is 0 Å². The van der Waals surface area contributed by atoms with E-state index in [2.05, 4.69) is 57.5 Å². The number of aryl methyl sites for hydroxylation is 1.